The fourth-order valence-corrected chi connectivity index (χ4v) is 1.55. The molecule has 1 aliphatic heterocycles. The van der Waals surface area contributed by atoms with E-state index in [1.165, 1.54) is 0 Å². The molecule has 1 aliphatic rings. The van der Waals surface area contributed by atoms with Gasteiger partial charge < -0.3 is 4.74 Å². The molecule has 1 fully saturated rings. The maximum Gasteiger partial charge on any atom is 0.228 e. The summed E-state index contributed by atoms with van der Waals surface area (Å²) in [7, 11) is 0. The van der Waals surface area contributed by atoms with Crippen LogP contribution < -0.4 is 5.01 Å². The Morgan fingerprint density at radius 1 is 1.47 bits per heavy atom. The summed E-state index contributed by atoms with van der Waals surface area (Å²) in [6.45, 7) is 2.77. The number of pyridine rings is 1. The van der Waals surface area contributed by atoms with Crippen molar-refractivity contribution in [1.29, 1.82) is 0 Å². The second-order valence-corrected chi connectivity index (χ2v) is 3.23. The molecule has 0 N–H and O–H groups in total. The molecule has 0 aliphatic carbocycles. The number of morpholine rings is 1. The number of hydrogen-bond acceptors (Lipinski definition) is 4. The van der Waals surface area contributed by atoms with Gasteiger partial charge in [0.2, 0.25) is 6.41 Å². The summed E-state index contributed by atoms with van der Waals surface area (Å²) in [5.74, 6) is 0. The lowest BCUT2D eigenvalue weighted by molar-refractivity contribution is -0.111. The molecule has 5 heteroatoms. The minimum Gasteiger partial charge on any atom is -0.379 e. The van der Waals surface area contributed by atoms with E-state index < -0.39 is 0 Å². The molecule has 1 amide bonds. The molecule has 1 aromatic heterocycles. The summed E-state index contributed by atoms with van der Waals surface area (Å²) in [4.78, 5) is 15.0. The third-order valence-electron chi connectivity index (χ3n) is 2.30. The number of carbonyl (C=O) groups excluding carboxylic acids is 1. The van der Waals surface area contributed by atoms with E-state index >= 15 is 0 Å². The first-order valence-electron chi connectivity index (χ1n) is 4.89. The van der Waals surface area contributed by atoms with Gasteiger partial charge in [-0.2, -0.15) is 0 Å². The van der Waals surface area contributed by atoms with Crippen molar-refractivity contribution in [3.05, 3.63) is 24.5 Å². The van der Waals surface area contributed by atoms with Crippen LogP contribution in [0.15, 0.2) is 24.5 Å². The molecule has 0 radical (unpaired) electrons. The van der Waals surface area contributed by atoms with E-state index in [0.29, 0.717) is 13.2 Å². The fraction of sp³-hybridized carbons (Fsp3) is 0.400. The normalized spacial score (nSPS) is 17.3. The average molecular weight is 207 g/mol. The van der Waals surface area contributed by atoms with Crippen LogP contribution in [0.3, 0.4) is 0 Å². The van der Waals surface area contributed by atoms with Crippen LogP contribution in [0.4, 0.5) is 5.69 Å². The van der Waals surface area contributed by atoms with Crippen LogP contribution in [0.25, 0.3) is 0 Å². The van der Waals surface area contributed by atoms with Crippen molar-refractivity contribution < 1.29 is 9.53 Å². The van der Waals surface area contributed by atoms with Crippen molar-refractivity contribution in [2.24, 2.45) is 0 Å². The van der Waals surface area contributed by atoms with Gasteiger partial charge in [0.05, 0.1) is 25.1 Å². The monoisotopic (exact) mass is 207 g/mol. The summed E-state index contributed by atoms with van der Waals surface area (Å²) in [5.41, 5.74) is 0.786. The van der Waals surface area contributed by atoms with Crippen LogP contribution in [-0.2, 0) is 9.53 Å². The Bertz CT molecular complexity index is 312. The fourth-order valence-electron chi connectivity index (χ4n) is 1.55. The molecule has 2 heterocycles. The molecule has 80 valence electrons. The quantitative estimate of drug-likeness (QED) is 0.668. The first-order chi connectivity index (χ1) is 7.42. The molecule has 0 spiro atoms. The number of ether oxygens (including phenoxy) is 1. The number of hydrazine groups is 1. The number of nitrogens with zero attached hydrogens (tertiary/aromatic N) is 3. The van der Waals surface area contributed by atoms with Crippen molar-refractivity contribution >= 4 is 12.1 Å². The Labute approximate surface area is 88.2 Å². The number of rotatable bonds is 3. The topological polar surface area (TPSA) is 45.7 Å². The van der Waals surface area contributed by atoms with Gasteiger partial charge in [0.15, 0.2) is 0 Å². The molecule has 0 atom stereocenters. The van der Waals surface area contributed by atoms with Crippen LogP contribution in [0.1, 0.15) is 0 Å². The smallest absolute Gasteiger partial charge is 0.228 e. The highest BCUT2D eigenvalue weighted by molar-refractivity contribution is 5.73. The Kier molecular flexibility index (Phi) is 3.26. The molecule has 15 heavy (non-hydrogen) atoms. The zero-order valence-corrected chi connectivity index (χ0v) is 8.37. The SMILES string of the molecule is O=CN(c1cccnc1)N1CCOCC1. The van der Waals surface area contributed by atoms with Crippen molar-refractivity contribution in [1.82, 2.24) is 9.99 Å². The van der Waals surface area contributed by atoms with E-state index in [1.54, 1.807) is 17.4 Å². The van der Waals surface area contributed by atoms with Gasteiger partial charge in [-0.1, -0.05) is 0 Å². The maximum absolute atomic E-state index is 11.0. The van der Waals surface area contributed by atoms with Crippen molar-refractivity contribution in [2.45, 2.75) is 0 Å². The van der Waals surface area contributed by atoms with E-state index in [9.17, 15) is 4.79 Å². The number of aromatic nitrogens is 1. The summed E-state index contributed by atoms with van der Waals surface area (Å²) < 4.78 is 5.23. The summed E-state index contributed by atoms with van der Waals surface area (Å²) in [6.07, 6.45) is 4.16. The predicted octanol–water partition coefficient (Wildman–Crippen LogP) is 0.292. The number of hydrogen-bond donors (Lipinski definition) is 0. The highest BCUT2D eigenvalue weighted by atomic mass is 16.5. The van der Waals surface area contributed by atoms with Gasteiger partial charge in [0.1, 0.15) is 0 Å². The lowest BCUT2D eigenvalue weighted by Crippen LogP contribution is -2.48. The van der Waals surface area contributed by atoms with Gasteiger partial charge >= 0.3 is 0 Å². The van der Waals surface area contributed by atoms with Crippen molar-refractivity contribution in [2.75, 3.05) is 31.3 Å². The number of amides is 1. The molecule has 0 aromatic carbocycles. The molecule has 5 nitrogen and oxygen atoms in total. The van der Waals surface area contributed by atoms with E-state index in [1.807, 2.05) is 17.1 Å². The van der Waals surface area contributed by atoms with Gasteiger partial charge in [-0.05, 0) is 12.1 Å². The predicted molar refractivity (Wildman–Crippen MR) is 55.2 cm³/mol. The molecule has 0 bridgehead atoms. The first-order valence-corrected chi connectivity index (χ1v) is 4.89. The molecule has 1 aromatic rings. The third-order valence-corrected chi connectivity index (χ3v) is 2.30. The van der Waals surface area contributed by atoms with Gasteiger partial charge in [-0.15, -0.1) is 0 Å². The average Bonchev–Trinajstić information content (AvgIpc) is 2.33. The highest BCUT2D eigenvalue weighted by Crippen LogP contribution is 2.13. The Hall–Kier alpha value is -1.46. The van der Waals surface area contributed by atoms with Crippen LogP contribution in [0.5, 0.6) is 0 Å². The Morgan fingerprint density at radius 2 is 2.27 bits per heavy atom. The van der Waals surface area contributed by atoms with Crippen LogP contribution >= 0.6 is 0 Å². The zero-order chi connectivity index (χ0) is 10.5. The van der Waals surface area contributed by atoms with E-state index in [4.69, 9.17) is 4.74 Å². The second kappa shape index (κ2) is 4.86. The van der Waals surface area contributed by atoms with Gasteiger partial charge in [0, 0.05) is 19.3 Å². The number of anilines is 1. The minimum absolute atomic E-state index is 0.657. The van der Waals surface area contributed by atoms with Crippen LogP contribution in [-0.4, -0.2) is 42.7 Å². The molecule has 1 saturated heterocycles. The summed E-state index contributed by atoms with van der Waals surface area (Å²) in [6, 6.07) is 3.67. The van der Waals surface area contributed by atoms with E-state index in [2.05, 4.69) is 4.98 Å². The van der Waals surface area contributed by atoms with Gasteiger partial charge in [-0.3, -0.25) is 9.78 Å². The van der Waals surface area contributed by atoms with Crippen LogP contribution in [0, 0.1) is 0 Å². The van der Waals surface area contributed by atoms with Gasteiger partial charge in [-0.25, -0.2) is 10.0 Å². The first kappa shape index (κ1) is 10.1. The standard InChI is InChI=1S/C10H13N3O2/c14-9-13(10-2-1-3-11-8-10)12-4-6-15-7-5-12/h1-3,8-9H,4-7H2. The molecular formula is C10H13N3O2. The summed E-state index contributed by atoms with van der Waals surface area (Å²) >= 11 is 0. The third kappa shape index (κ3) is 2.31. The molecular weight excluding hydrogens is 194 g/mol. The maximum atomic E-state index is 11.0. The Balaban J connectivity index is 2.12. The Morgan fingerprint density at radius 3 is 2.87 bits per heavy atom. The highest BCUT2D eigenvalue weighted by Gasteiger charge is 2.18. The van der Waals surface area contributed by atoms with E-state index in [0.717, 1.165) is 25.2 Å². The lowest BCUT2D eigenvalue weighted by atomic mass is 10.4. The van der Waals surface area contributed by atoms with E-state index in [-0.39, 0.29) is 0 Å². The zero-order valence-electron chi connectivity index (χ0n) is 8.37. The summed E-state index contributed by atoms with van der Waals surface area (Å²) in [5, 5.41) is 3.53. The van der Waals surface area contributed by atoms with Crippen molar-refractivity contribution in [3.63, 3.8) is 0 Å². The van der Waals surface area contributed by atoms with Gasteiger partial charge in [0.25, 0.3) is 0 Å². The molecule has 0 unspecified atom stereocenters. The lowest BCUT2D eigenvalue weighted by Gasteiger charge is -2.34. The largest absolute Gasteiger partial charge is 0.379 e. The number of carbonyl (C=O) groups is 1. The minimum atomic E-state index is 0.657. The molecule has 2 rings (SSSR count). The van der Waals surface area contributed by atoms with Crippen LogP contribution in [0.2, 0.25) is 0 Å². The second-order valence-electron chi connectivity index (χ2n) is 3.23. The van der Waals surface area contributed by atoms with Crippen molar-refractivity contribution in [3.8, 4) is 0 Å². The molecule has 0 saturated carbocycles.